The zero-order valence-corrected chi connectivity index (χ0v) is 15.0. The predicted octanol–water partition coefficient (Wildman–Crippen LogP) is 4.69. The Hall–Kier alpha value is -2.36. The number of nitrogens with one attached hydrogen (secondary N) is 1. The zero-order chi connectivity index (χ0) is 17.5. The van der Waals surface area contributed by atoms with Crippen LogP contribution in [0.25, 0.3) is 0 Å². The van der Waals surface area contributed by atoms with Gasteiger partial charge in [0.1, 0.15) is 0 Å². The summed E-state index contributed by atoms with van der Waals surface area (Å²) in [4.78, 5) is 19.0. The molecule has 0 saturated heterocycles. The SMILES string of the molecule is CCCCN(C)c1cncc(C(=O)Nc2ccccc2C(C)C)c1. The van der Waals surface area contributed by atoms with Crippen molar-refractivity contribution in [1.82, 2.24) is 4.98 Å². The van der Waals surface area contributed by atoms with E-state index in [9.17, 15) is 4.79 Å². The number of amides is 1. The lowest BCUT2D eigenvalue weighted by atomic mass is 10.0. The average molecular weight is 325 g/mol. The second-order valence-corrected chi connectivity index (χ2v) is 6.40. The van der Waals surface area contributed by atoms with Crippen LogP contribution in [0.2, 0.25) is 0 Å². The van der Waals surface area contributed by atoms with Gasteiger partial charge in [0.15, 0.2) is 0 Å². The first kappa shape index (κ1) is 18.0. The van der Waals surface area contributed by atoms with Gasteiger partial charge in [0.2, 0.25) is 0 Å². The Morgan fingerprint density at radius 1 is 1.25 bits per heavy atom. The van der Waals surface area contributed by atoms with E-state index in [2.05, 4.69) is 36.0 Å². The first-order valence-corrected chi connectivity index (χ1v) is 8.59. The fraction of sp³-hybridized carbons (Fsp3) is 0.400. The van der Waals surface area contributed by atoms with Gasteiger partial charge in [-0.25, -0.2) is 0 Å². The normalized spacial score (nSPS) is 10.7. The third-order valence-corrected chi connectivity index (χ3v) is 4.10. The number of aromatic nitrogens is 1. The van der Waals surface area contributed by atoms with Gasteiger partial charge < -0.3 is 10.2 Å². The molecule has 1 heterocycles. The Labute approximate surface area is 144 Å². The molecule has 0 spiro atoms. The molecule has 2 rings (SSSR count). The monoisotopic (exact) mass is 325 g/mol. The van der Waals surface area contributed by atoms with Crippen LogP contribution in [0, 0.1) is 0 Å². The van der Waals surface area contributed by atoms with E-state index in [4.69, 9.17) is 0 Å². The van der Waals surface area contributed by atoms with E-state index >= 15 is 0 Å². The number of anilines is 2. The lowest BCUT2D eigenvalue weighted by molar-refractivity contribution is 0.102. The van der Waals surface area contributed by atoms with Crippen molar-refractivity contribution in [1.29, 1.82) is 0 Å². The highest BCUT2D eigenvalue weighted by atomic mass is 16.1. The molecule has 0 aliphatic rings. The molecule has 0 unspecified atom stereocenters. The van der Waals surface area contributed by atoms with Crippen molar-refractivity contribution in [2.75, 3.05) is 23.8 Å². The van der Waals surface area contributed by atoms with Gasteiger partial charge in [0.25, 0.3) is 5.91 Å². The minimum atomic E-state index is -0.124. The summed E-state index contributed by atoms with van der Waals surface area (Å²) in [6.07, 6.45) is 5.68. The van der Waals surface area contributed by atoms with Crippen LogP contribution in [0.3, 0.4) is 0 Å². The number of hydrogen-bond acceptors (Lipinski definition) is 3. The van der Waals surface area contributed by atoms with Crippen molar-refractivity contribution in [2.45, 2.75) is 39.5 Å². The van der Waals surface area contributed by atoms with E-state index in [0.717, 1.165) is 36.3 Å². The maximum atomic E-state index is 12.6. The molecule has 4 nitrogen and oxygen atoms in total. The van der Waals surface area contributed by atoms with Crippen molar-refractivity contribution in [3.63, 3.8) is 0 Å². The topological polar surface area (TPSA) is 45.2 Å². The summed E-state index contributed by atoms with van der Waals surface area (Å²) in [5.41, 5.74) is 3.54. The van der Waals surface area contributed by atoms with Gasteiger partial charge in [-0.15, -0.1) is 0 Å². The quantitative estimate of drug-likeness (QED) is 0.803. The Kier molecular flexibility index (Phi) is 6.36. The van der Waals surface area contributed by atoms with Gasteiger partial charge >= 0.3 is 0 Å². The Balaban J connectivity index is 2.16. The summed E-state index contributed by atoms with van der Waals surface area (Å²) in [7, 11) is 2.03. The van der Waals surface area contributed by atoms with E-state index in [1.807, 2.05) is 37.4 Å². The number of hydrogen-bond donors (Lipinski definition) is 1. The summed E-state index contributed by atoms with van der Waals surface area (Å²) in [6.45, 7) is 7.37. The molecule has 1 amide bonds. The highest BCUT2D eigenvalue weighted by Crippen LogP contribution is 2.24. The standard InChI is InChI=1S/C20H27N3O/c1-5-6-11-23(4)17-12-16(13-21-14-17)20(24)22-19-10-8-7-9-18(19)15(2)3/h7-10,12-15H,5-6,11H2,1-4H3,(H,22,24). The molecule has 24 heavy (non-hydrogen) atoms. The predicted molar refractivity (Wildman–Crippen MR) is 101 cm³/mol. The molecule has 128 valence electrons. The molecule has 4 heteroatoms. The minimum absolute atomic E-state index is 0.124. The fourth-order valence-corrected chi connectivity index (χ4v) is 2.59. The smallest absolute Gasteiger partial charge is 0.257 e. The van der Waals surface area contributed by atoms with Gasteiger partial charge in [0, 0.05) is 25.5 Å². The number of pyridine rings is 1. The van der Waals surface area contributed by atoms with Crippen LogP contribution >= 0.6 is 0 Å². The lowest BCUT2D eigenvalue weighted by Gasteiger charge is -2.19. The Morgan fingerprint density at radius 2 is 2.00 bits per heavy atom. The van der Waals surface area contributed by atoms with Gasteiger partial charge in [0.05, 0.1) is 17.4 Å². The van der Waals surface area contributed by atoms with Crippen LogP contribution in [0.1, 0.15) is 55.5 Å². The molecule has 1 aromatic carbocycles. The summed E-state index contributed by atoms with van der Waals surface area (Å²) < 4.78 is 0. The molecule has 1 N–H and O–H groups in total. The zero-order valence-electron chi connectivity index (χ0n) is 15.0. The molecule has 0 aliphatic carbocycles. The number of nitrogens with zero attached hydrogens (tertiary/aromatic N) is 2. The van der Waals surface area contributed by atoms with Crippen LogP contribution in [0.15, 0.2) is 42.7 Å². The molecule has 1 aromatic heterocycles. The third kappa shape index (κ3) is 4.57. The van der Waals surface area contributed by atoms with E-state index < -0.39 is 0 Å². The van der Waals surface area contributed by atoms with E-state index in [0.29, 0.717) is 11.5 Å². The van der Waals surface area contributed by atoms with Crippen LogP contribution in [-0.2, 0) is 0 Å². The van der Waals surface area contributed by atoms with E-state index in [1.54, 1.807) is 12.4 Å². The van der Waals surface area contributed by atoms with Crippen molar-refractivity contribution in [2.24, 2.45) is 0 Å². The summed E-state index contributed by atoms with van der Waals surface area (Å²) in [5, 5.41) is 3.02. The molecular formula is C20H27N3O. The number of carbonyl (C=O) groups excluding carboxylic acids is 1. The van der Waals surface area contributed by atoms with Gasteiger partial charge in [-0.05, 0) is 30.0 Å². The average Bonchev–Trinajstić information content (AvgIpc) is 2.60. The molecule has 0 aliphatic heterocycles. The molecule has 0 fully saturated rings. The summed E-state index contributed by atoms with van der Waals surface area (Å²) in [5.74, 6) is 0.229. The maximum Gasteiger partial charge on any atom is 0.257 e. The number of unbranched alkanes of at least 4 members (excludes halogenated alkanes) is 1. The summed E-state index contributed by atoms with van der Waals surface area (Å²) in [6, 6.07) is 9.83. The number of rotatable bonds is 7. The van der Waals surface area contributed by atoms with Crippen LogP contribution in [-0.4, -0.2) is 24.5 Å². The molecule has 0 bridgehead atoms. The number of carbonyl (C=O) groups is 1. The lowest BCUT2D eigenvalue weighted by Crippen LogP contribution is -2.20. The molecular weight excluding hydrogens is 298 g/mol. The molecule has 0 atom stereocenters. The van der Waals surface area contributed by atoms with Gasteiger partial charge in [-0.3, -0.25) is 9.78 Å². The largest absolute Gasteiger partial charge is 0.373 e. The van der Waals surface area contributed by atoms with Crippen molar-refractivity contribution in [3.8, 4) is 0 Å². The fourth-order valence-electron chi connectivity index (χ4n) is 2.59. The van der Waals surface area contributed by atoms with E-state index in [1.165, 1.54) is 0 Å². The minimum Gasteiger partial charge on any atom is -0.373 e. The summed E-state index contributed by atoms with van der Waals surface area (Å²) >= 11 is 0. The molecule has 0 radical (unpaired) electrons. The Morgan fingerprint density at radius 3 is 2.71 bits per heavy atom. The maximum absolute atomic E-state index is 12.6. The van der Waals surface area contributed by atoms with Crippen LogP contribution in [0.4, 0.5) is 11.4 Å². The van der Waals surface area contributed by atoms with Gasteiger partial charge in [-0.2, -0.15) is 0 Å². The van der Waals surface area contributed by atoms with Crippen molar-refractivity contribution < 1.29 is 4.79 Å². The highest BCUT2D eigenvalue weighted by molar-refractivity contribution is 6.05. The van der Waals surface area contributed by atoms with Crippen LogP contribution in [0.5, 0.6) is 0 Å². The second-order valence-electron chi connectivity index (χ2n) is 6.40. The Bertz CT molecular complexity index is 682. The number of benzene rings is 1. The second kappa shape index (κ2) is 8.48. The molecule has 2 aromatic rings. The molecule has 0 saturated carbocycles. The first-order valence-electron chi connectivity index (χ1n) is 8.59. The van der Waals surface area contributed by atoms with Gasteiger partial charge in [-0.1, -0.05) is 45.4 Å². The third-order valence-electron chi connectivity index (χ3n) is 4.10. The van der Waals surface area contributed by atoms with Crippen LogP contribution < -0.4 is 10.2 Å². The van der Waals surface area contributed by atoms with E-state index in [-0.39, 0.29) is 5.91 Å². The van der Waals surface area contributed by atoms with Crippen molar-refractivity contribution >= 4 is 17.3 Å². The van der Waals surface area contributed by atoms with Crippen molar-refractivity contribution in [3.05, 3.63) is 53.9 Å². The highest BCUT2D eigenvalue weighted by Gasteiger charge is 2.12. The number of para-hydroxylation sites is 1. The first-order chi connectivity index (χ1) is 11.5.